The summed E-state index contributed by atoms with van der Waals surface area (Å²) >= 11 is 0. The maximum Gasteiger partial charge on any atom is 0.302 e. The van der Waals surface area contributed by atoms with Crippen LogP contribution in [0.2, 0.25) is 0 Å². The first-order valence-electron chi connectivity index (χ1n) is 13.8. The van der Waals surface area contributed by atoms with Crippen molar-refractivity contribution in [3.05, 3.63) is 23.8 Å². The molecule has 2 N–H and O–H groups in total. The predicted octanol–water partition coefficient (Wildman–Crippen LogP) is 6.07. The molecule has 4 heteroatoms. The molecule has 0 aromatic carbocycles. The van der Waals surface area contributed by atoms with Gasteiger partial charge in [0.25, 0.3) is 0 Å². The molecule has 0 aromatic heterocycles. The molecular formula is C30H48O4. The number of rotatable bonds is 7. The molecule has 0 spiro atoms. The second-order valence-corrected chi connectivity index (χ2v) is 13.2. The molecule has 0 amide bonds. The van der Waals surface area contributed by atoms with Gasteiger partial charge in [0, 0.05) is 18.3 Å². The monoisotopic (exact) mass is 472 g/mol. The molecule has 4 aliphatic rings. The number of ether oxygens (including phenoxy) is 1. The van der Waals surface area contributed by atoms with E-state index in [-0.39, 0.29) is 23.4 Å². The number of aliphatic hydroxyl groups excluding tert-OH is 1. The number of carbonyl (C=O) groups excluding carboxylic acids is 1. The standard InChI is InChI=1S/C30H48O4/c1-18(10-11-19(2)28(5,6)33)24-12-13-25-22(9-8-14-29(24,25)7)15-20(3)30-17-23(30)16-26(27(30)32)34-21(4)31/h10-11,15,18-20,23-27,32-33H,8-9,12-14,16-17H2,1-7H3/b11-10+,22-15+/t18-,19+,20?,23?,24?,25+,26+,27?,29-,30?/m1/s1. The summed E-state index contributed by atoms with van der Waals surface area (Å²) in [5, 5.41) is 21.4. The quantitative estimate of drug-likeness (QED) is 0.349. The van der Waals surface area contributed by atoms with Crippen LogP contribution in [0.15, 0.2) is 23.8 Å². The second kappa shape index (κ2) is 9.07. The van der Waals surface area contributed by atoms with Gasteiger partial charge < -0.3 is 14.9 Å². The largest absolute Gasteiger partial charge is 0.460 e. The maximum absolute atomic E-state index is 11.5. The first-order chi connectivity index (χ1) is 15.8. The van der Waals surface area contributed by atoms with Crippen molar-refractivity contribution in [3.63, 3.8) is 0 Å². The third-order valence-corrected chi connectivity index (χ3v) is 10.7. The van der Waals surface area contributed by atoms with E-state index < -0.39 is 11.7 Å². The fourth-order valence-corrected chi connectivity index (χ4v) is 8.27. The van der Waals surface area contributed by atoms with Gasteiger partial charge in [-0.25, -0.2) is 0 Å². The Balaban J connectivity index is 1.48. The topological polar surface area (TPSA) is 66.8 Å². The third-order valence-electron chi connectivity index (χ3n) is 10.7. The van der Waals surface area contributed by atoms with Crippen molar-refractivity contribution in [2.24, 2.45) is 46.3 Å². The summed E-state index contributed by atoms with van der Waals surface area (Å²) in [7, 11) is 0. The Morgan fingerprint density at radius 1 is 1.21 bits per heavy atom. The van der Waals surface area contributed by atoms with Crippen LogP contribution in [0.4, 0.5) is 0 Å². The molecule has 0 radical (unpaired) electrons. The lowest BCUT2D eigenvalue weighted by Gasteiger charge is -2.44. The fraction of sp³-hybridized carbons (Fsp3) is 0.833. The van der Waals surface area contributed by atoms with Gasteiger partial charge >= 0.3 is 5.97 Å². The summed E-state index contributed by atoms with van der Waals surface area (Å²) in [5.74, 6) is 2.45. The molecular weight excluding hydrogens is 424 g/mol. The third kappa shape index (κ3) is 4.43. The number of carbonyl (C=O) groups is 1. The number of allylic oxidation sites excluding steroid dienone is 3. The lowest BCUT2D eigenvalue weighted by Crippen LogP contribution is -2.37. The first kappa shape index (κ1) is 25.9. The van der Waals surface area contributed by atoms with Crippen molar-refractivity contribution >= 4 is 5.97 Å². The molecule has 4 rings (SSSR count). The van der Waals surface area contributed by atoms with Crippen LogP contribution in [0.5, 0.6) is 0 Å². The van der Waals surface area contributed by atoms with Crippen LogP contribution in [0.1, 0.15) is 93.4 Å². The molecule has 34 heavy (non-hydrogen) atoms. The fourth-order valence-electron chi connectivity index (χ4n) is 8.27. The summed E-state index contributed by atoms with van der Waals surface area (Å²) in [6.07, 6.45) is 14.3. The summed E-state index contributed by atoms with van der Waals surface area (Å²) in [6, 6.07) is 0. The Kier molecular flexibility index (Phi) is 6.92. The molecule has 10 atom stereocenters. The Hall–Kier alpha value is -1.13. The molecule has 192 valence electrons. The first-order valence-corrected chi connectivity index (χ1v) is 13.8. The minimum absolute atomic E-state index is 0.0950. The van der Waals surface area contributed by atoms with Crippen LogP contribution in [-0.4, -0.2) is 34.0 Å². The van der Waals surface area contributed by atoms with E-state index in [2.05, 4.69) is 45.9 Å². The van der Waals surface area contributed by atoms with E-state index in [1.54, 1.807) is 5.57 Å². The highest BCUT2D eigenvalue weighted by atomic mass is 16.6. The van der Waals surface area contributed by atoms with Crippen molar-refractivity contribution in [2.45, 2.75) is 111 Å². The summed E-state index contributed by atoms with van der Waals surface area (Å²) < 4.78 is 5.44. The van der Waals surface area contributed by atoms with Gasteiger partial charge in [-0.3, -0.25) is 4.79 Å². The zero-order chi connectivity index (χ0) is 25.1. The molecule has 4 aliphatic carbocycles. The van der Waals surface area contributed by atoms with Gasteiger partial charge in [-0.1, -0.05) is 51.5 Å². The summed E-state index contributed by atoms with van der Waals surface area (Å²) in [4.78, 5) is 11.5. The Labute approximate surface area is 207 Å². The van der Waals surface area contributed by atoms with Gasteiger partial charge in [0.15, 0.2) is 0 Å². The molecule has 0 aromatic rings. The average Bonchev–Trinajstić information content (AvgIpc) is 3.25. The highest BCUT2D eigenvalue weighted by Crippen LogP contribution is 2.69. The number of aliphatic hydroxyl groups is 2. The van der Waals surface area contributed by atoms with Crippen LogP contribution in [0.3, 0.4) is 0 Å². The van der Waals surface area contributed by atoms with E-state index in [1.165, 1.54) is 39.0 Å². The van der Waals surface area contributed by atoms with Crippen molar-refractivity contribution in [1.82, 2.24) is 0 Å². The normalized spacial score (nSPS) is 43.4. The van der Waals surface area contributed by atoms with Gasteiger partial charge in [-0.05, 0) is 93.8 Å². The SMILES string of the molecule is CC(=O)O[C@H]1CC2CC2(C(C)/C=C2\CCC[C@]3(C)C([C@H](C)/C=C/[C@H](C)C(C)(C)O)CC[C@@H]23)C1O. The molecule has 0 aliphatic heterocycles. The van der Waals surface area contributed by atoms with E-state index in [0.717, 1.165) is 12.8 Å². The van der Waals surface area contributed by atoms with Gasteiger partial charge in [-0.15, -0.1) is 0 Å². The molecule has 5 unspecified atom stereocenters. The van der Waals surface area contributed by atoms with Gasteiger partial charge in [0.2, 0.25) is 0 Å². The van der Waals surface area contributed by atoms with Gasteiger partial charge in [0.1, 0.15) is 6.10 Å². The van der Waals surface area contributed by atoms with E-state index >= 15 is 0 Å². The van der Waals surface area contributed by atoms with Crippen molar-refractivity contribution < 1.29 is 19.7 Å². The number of hydrogen-bond donors (Lipinski definition) is 2. The van der Waals surface area contributed by atoms with Crippen LogP contribution in [0.25, 0.3) is 0 Å². The average molecular weight is 473 g/mol. The van der Waals surface area contributed by atoms with Crippen molar-refractivity contribution in [3.8, 4) is 0 Å². The Morgan fingerprint density at radius 3 is 2.56 bits per heavy atom. The van der Waals surface area contributed by atoms with Crippen LogP contribution in [0, 0.1) is 46.3 Å². The lowest BCUT2D eigenvalue weighted by molar-refractivity contribution is -0.153. The minimum atomic E-state index is -0.686. The van der Waals surface area contributed by atoms with Gasteiger partial charge in [-0.2, -0.15) is 0 Å². The van der Waals surface area contributed by atoms with Gasteiger partial charge in [0.05, 0.1) is 11.7 Å². The molecule has 4 fully saturated rings. The molecule has 4 nitrogen and oxygen atoms in total. The lowest BCUT2D eigenvalue weighted by atomic mass is 9.60. The van der Waals surface area contributed by atoms with E-state index in [0.29, 0.717) is 35.0 Å². The highest BCUT2D eigenvalue weighted by molar-refractivity contribution is 5.66. The van der Waals surface area contributed by atoms with Crippen molar-refractivity contribution in [2.75, 3.05) is 0 Å². The predicted molar refractivity (Wildman–Crippen MR) is 136 cm³/mol. The Morgan fingerprint density at radius 2 is 1.91 bits per heavy atom. The van der Waals surface area contributed by atoms with Crippen LogP contribution in [-0.2, 0) is 9.53 Å². The van der Waals surface area contributed by atoms with Crippen molar-refractivity contribution in [1.29, 1.82) is 0 Å². The molecule has 4 saturated carbocycles. The zero-order valence-corrected chi connectivity index (χ0v) is 22.5. The zero-order valence-electron chi connectivity index (χ0n) is 22.5. The number of fused-ring (bicyclic) bond motifs is 2. The summed E-state index contributed by atoms with van der Waals surface area (Å²) in [6.45, 7) is 14.5. The van der Waals surface area contributed by atoms with E-state index in [4.69, 9.17) is 4.74 Å². The number of hydrogen-bond acceptors (Lipinski definition) is 4. The van der Waals surface area contributed by atoms with E-state index in [1.807, 2.05) is 13.8 Å². The number of esters is 1. The van der Waals surface area contributed by atoms with E-state index in [9.17, 15) is 15.0 Å². The molecule has 0 bridgehead atoms. The second-order valence-electron chi connectivity index (χ2n) is 13.2. The van der Waals surface area contributed by atoms with Crippen LogP contribution < -0.4 is 0 Å². The minimum Gasteiger partial charge on any atom is -0.460 e. The maximum atomic E-state index is 11.5. The van der Waals surface area contributed by atoms with Crippen LogP contribution >= 0.6 is 0 Å². The molecule has 0 heterocycles. The smallest absolute Gasteiger partial charge is 0.302 e. The highest BCUT2D eigenvalue weighted by Gasteiger charge is 2.69. The molecule has 0 saturated heterocycles. The Bertz CT molecular complexity index is 837. The summed E-state index contributed by atoms with van der Waals surface area (Å²) in [5.41, 5.74) is 1.16.